The summed E-state index contributed by atoms with van der Waals surface area (Å²) in [5, 5.41) is 6.81. The Morgan fingerprint density at radius 2 is 2.07 bits per heavy atom. The number of rotatable bonds is 8. The van der Waals surface area contributed by atoms with Crippen LogP contribution in [0.2, 0.25) is 0 Å². The minimum Gasteiger partial charge on any atom is -0.497 e. The molecule has 1 aliphatic heterocycles. The molecule has 1 atom stereocenters. The molecule has 1 saturated heterocycles. The Labute approximate surface area is 161 Å². The number of furan rings is 1. The SMILES string of the molecule is COc1ccc(CN=C(NCCc2ccco2)NCC2CCCCO2)cc1. The van der Waals surface area contributed by atoms with Gasteiger partial charge >= 0.3 is 0 Å². The normalized spacial score (nSPS) is 17.5. The first-order valence-electron chi connectivity index (χ1n) is 9.62. The lowest BCUT2D eigenvalue weighted by Gasteiger charge is -2.23. The van der Waals surface area contributed by atoms with E-state index in [0.29, 0.717) is 6.54 Å². The van der Waals surface area contributed by atoms with Crippen molar-refractivity contribution in [3.63, 3.8) is 0 Å². The van der Waals surface area contributed by atoms with Gasteiger partial charge < -0.3 is 24.5 Å². The number of methoxy groups -OCH3 is 1. The summed E-state index contributed by atoms with van der Waals surface area (Å²) in [6.45, 7) is 2.99. The standard InChI is InChI=1S/C21H29N3O3/c1-25-18-9-7-17(8-10-18)15-23-21(22-12-11-19-6-4-14-26-19)24-16-20-5-2-3-13-27-20/h4,6-10,14,20H,2-3,5,11-13,15-16H2,1H3,(H2,22,23,24). The van der Waals surface area contributed by atoms with E-state index in [1.165, 1.54) is 6.42 Å². The molecule has 0 aliphatic carbocycles. The van der Waals surface area contributed by atoms with Crippen LogP contribution in [0, 0.1) is 0 Å². The summed E-state index contributed by atoms with van der Waals surface area (Å²) in [5.74, 6) is 2.62. The van der Waals surface area contributed by atoms with Crippen LogP contribution in [0.4, 0.5) is 0 Å². The fourth-order valence-electron chi connectivity index (χ4n) is 3.01. The van der Waals surface area contributed by atoms with E-state index in [1.54, 1.807) is 13.4 Å². The fourth-order valence-corrected chi connectivity index (χ4v) is 3.01. The zero-order valence-corrected chi connectivity index (χ0v) is 15.9. The van der Waals surface area contributed by atoms with Gasteiger partial charge in [0, 0.05) is 26.1 Å². The van der Waals surface area contributed by atoms with Gasteiger partial charge in [-0.25, -0.2) is 4.99 Å². The summed E-state index contributed by atoms with van der Waals surface area (Å²) in [4.78, 5) is 4.72. The molecule has 0 saturated carbocycles. The largest absolute Gasteiger partial charge is 0.497 e. The Morgan fingerprint density at radius 1 is 1.19 bits per heavy atom. The van der Waals surface area contributed by atoms with Crippen LogP contribution < -0.4 is 15.4 Å². The molecule has 2 aromatic rings. The van der Waals surface area contributed by atoms with Gasteiger partial charge in [0.05, 0.1) is 26.0 Å². The first-order chi connectivity index (χ1) is 13.3. The number of nitrogens with one attached hydrogen (secondary N) is 2. The lowest BCUT2D eigenvalue weighted by Crippen LogP contribution is -2.43. The highest BCUT2D eigenvalue weighted by Crippen LogP contribution is 2.13. The number of hydrogen-bond acceptors (Lipinski definition) is 4. The van der Waals surface area contributed by atoms with Gasteiger partial charge in [0.1, 0.15) is 11.5 Å². The molecule has 6 nitrogen and oxygen atoms in total. The maximum Gasteiger partial charge on any atom is 0.191 e. The van der Waals surface area contributed by atoms with Crippen LogP contribution in [0.5, 0.6) is 5.75 Å². The van der Waals surface area contributed by atoms with E-state index in [2.05, 4.69) is 10.6 Å². The molecule has 0 bridgehead atoms. The second-order valence-corrected chi connectivity index (χ2v) is 6.64. The van der Waals surface area contributed by atoms with Gasteiger partial charge in [-0.05, 0) is 49.1 Å². The van der Waals surface area contributed by atoms with E-state index < -0.39 is 0 Å². The average Bonchev–Trinajstić information content (AvgIpc) is 3.24. The molecule has 1 aliphatic rings. The Kier molecular flexibility index (Phi) is 7.59. The molecule has 1 aromatic carbocycles. The van der Waals surface area contributed by atoms with Gasteiger partial charge in [0.25, 0.3) is 0 Å². The van der Waals surface area contributed by atoms with Crippen molar-refractivity contribution >= 4 is 5.96 Å². The number of hydrogen-bond donors (Lipinski definition) is 2. The zero-order valence-electron chi connectivity index (χ0n) is 15.9. The summed E-state index contributed by atoms with van der Waals surface area (Å²) in [7, 11) is 1.67. The maximum absolute atomic E-state index is 5.81. The van der Waals surface area contributed by atoms with Crippen LogP contribution in [0.1, 0.15) is 30.6 Å². The molecule has 0 spiro atoms. The average molecular weight is 371 g/mol. The number of guanidine groups is 1. The second-order valence-electron chi connectivity index (χ2n) is 6.64. The minimum absolute atomic E-state index is 0.261. The summed E-state index contributed by atoms with van der Waals surface area (Å²) in [5.41, 5.74) is 1.14. The van der Waals surface area contributed by atoms with Crippen LogP contribution in [-0.4, -0.2) is 38.9 Å². The Bertz CT molecular complexity index is 677. The predicted molar refractivity (Wildman–Crippen MR) is 106 cm³/mol. The lowest BCUT2D eigenvalue weighted by molar-refractivity contribution is 0.0194. The molecule has 2 N–H and O–H groups in total. The van der Waals surface area contributed by atoms with E-state index in [9.17, 15) is 0 Å². The Balaban J connectivity index is 1.54. The van der Waals surface area contributed by atoms with Gasteiger partial charge in [0.2, 0.25) is 0 Å². The van der Waals surface area contributed by atoms with Gasteiger partial charge in [-0.1, -0.05) is 12.1 Å². The molecule has 1 unspecified atom stereocenters. The van der Waals surface area contributed by atoms with Gasteiger partial charge in [-0.2, -0.15) is 0 Å². The molecule has 2 heterocycles. The van der Waals surface area contributed by atoms with E-state index in [-0.39, 0.29) is 6.10 Å². The van der Waals surface area contributed by atoms with Crippen molar-refractivity contribution in [2.75, 3.05) is 26.8 Å². The number of ether oxygens (including phenoxy) is 2. The van der Waals surface area contributed by atoms with E-state index >= 15 is 0 Å². The molecule has 6 heteroatoms. The van der Waals surface area contributed by atoms with Crippen LogP contribution in [0.15, 0.2) is 52.1 Å². The minimum atomic E-state index is 0.261. The quantitative estimate of drug-likeness (QED) is 0.551. The number of aliphatic imine (C=N–C) groups is 1. The molecule has 1 aromatic heterocycles. The van der Waals surface area contributed by atoms with Crippen molar-refractivity contribution < 1.29 is 13.9 Å². The third-order valence-corrected chi connectivity index (χ3v) is 4.59. The van der Waals surface area contributed by atoms with Crippen molar-refractivity contribution in [3.05, 3.63) is 54.0 Å². The molecule has 27 heavy (non-hydrogen) atoms. The topological polar surface area (TPSA) is 68.0 Å². The lowest BCUT2D eigenvalue weighted by atomic mass is 10.1. The van der Waals surface area contributed by atoms with Crippen LogP contribution >= 0.6 is 0 Å². The van der Waals surface area contributed by atoms with Crippen molar-refractivity contribution in [1.82, 2.24) is 10.6 Å². The van der Waals surface area contributed by atoms with Crippen LogP contribution in [0.3, 0.4) is 0 Å². The maximum atomic E-state index is 5.81. The second kappa shape index (κ2) is 10.6. The molecular weight excluding hydrogens is 342 g/mol. The highest BCUT2D eigenvalue weighted by Gasteiger charge is 2.14. The first kappa shape index (κ1) is 19.3. The Morgan fingerprint density at radius 3 is 2.78 bits per heavy atom. The summed E-state index contributed by atoms with van der Waals surface area (Å²) in [6, 6.07) is 11.9. The Hall–Kier alpha value is -2.47. The monoisotopic (exact) mass is 371 g/mol. The van der Waals surface area contributed by atoms with Crippen LogP contribution in [-0.2, 0) is 17.7 Å². The molecule has 3 rings (SSSR count). The van der Waals surface area contributed by atoms with E-state index in [4.69, 9.17) is 18.9 Å². The molecule has 0 radical (unpaired) electrons. The van der Waals surface area contributed by atoms with Crippen LogP contribution in [0.25, 0.3) is 0 Å². The highest BCUT2D eigenvalue weighted by molar-refractivity contribution is 5.79. The highest BCUT2D eigenvalue weighted by atomic mass is 16.5. The van der Waals surface area contributed by atoms with Gasteiger partial charge in [0.15, 0.2) is 5.96 Å². The summed E-state index contributed by atoms with van der Waals surface area (Å²) in [6.07, 6.45) is 6.28. The predicted octanol–water partition coefficient (Wildman–Crippen LogP) is 3.14. The zero-order chi connectivity index (χ0) is 18.7. The number of benzene rings is 1. The molecule has 0 amide bonds. The van der Waals surface area contributed by atoms with Gasteiger partial charge in [-0.3, -0.25) is 0 Å². The summed E-state index contributed by atoms with van der Waals surface area (Å²) < 4.78 is 16.4. The number of nitrogens with zero attached hydrogens (tertiary/aromatic N) is 1. The molecular formula is C21H29N3O3. The third-order valence-electron chi connectivity index (χ3n) is 4.59. The molecule has 146 valence electrons. The van der Waals surface area contributed by atoms with Gasteiger partial charge in [-0.15, -0.1) is 0 Å². The summed E-state index contributed by atoms with van der Waals surface area (Å²) >= 11 is 0. The first-order valence-corrected chi connectivity index (χ1v) is 9.62. The molecule has 1 fully saturated rings. The van der Waals surface area contributed by atoms with Crippen molar-refractivity contribution in [2.45, 2.75) is 38.3 Å². The van der Waals surface area contributed by atoms with E-state index in [0.717, 1.165) is 62.0 Å². The van der Waals surface area contributed by atoms with Crippen molar-refractivity contribution in [2.24, 2.45) is 4.99 Å². The smallest absolute Gasteiger partial charge is 0.191 e. The third kappa shape index (κ3) is 6.64. The van der Waals surface area contributed by atoms with Crippen molar-refractivity contribution in [3.8, 4) is 5.75 Å². The van der Waals surface area contributed by atoms with E-state index in [1.807, 2.05) is 36.4 Å². The fraction of sp³-hybridized carbons (Fsp3) is 0.476. The van der Waals surface area contributed by atoms with Crippen molar-refractivity contribution in [1.29, 1.82) is 0 Å².